The van der Waals surface area contributed by atoms with Crippen LogP contribution >= 0.6 is 12.4 Å². The summed E-state index contributed by atoms with van der Waals surface area (Å²) in [6.07, 6.45) is 0. The van der Waals surface area contributed by atoms with Crippen molar-refractivity contribution in [1.82, 2.24) is 0 Å². The summed E-state index contributed by atoms with van der Waals surface area (Å²) in [5.74, 6) is -0.522. The van der Waals surface area contributed by atoms with Gasteiger partial charge in [-0.15, -0.1) is 12.4 Å². The number of hydrogen-bond acceptors (Lipinski definition) is 2. The maximum Gasteiger partial charge on any atom is 0.179 e. The van der Waals surface area contributed by atoms with Crippen molar-refractivity contribution in [2.75, 3.05) is 0 Å². The van der Waals surface area contributed by atoms with Gasteiger partial charge < -0.3 is 5.73 Å². The van der Waals surface area contributed by atoms with Gasteiger partial charge in [-0.1, -0.05) is 0 Å². The Morgan fingerprint density at radius 2 is 1.85 bits per heavy atom. The molecule has 2 nitrogen and oxygen atoms in total. The van der Waals surface area contributed by atoms with Gasteiger partial charge in [-0.05, 0) is 31.2 Å². The van der Waals surface area contributed by atoms with Crippen molar-refractivity contribution in [3.63, 3.8) is 0 Å². The number of carbonyl (C=O) groups is 1. The summed E-state index contributed by atoms with van der Waals surface area (Å²) in [6.45, 7) is 1.60. The molecule has 1 aromatic carbocycles. The highest BCUT2D eigenvalue weighted by molar-refractivity contribution is 5.99. The fraction of sp³-hybridized carbons (Fsp3) is 0.222. The standard InChI is InChI=1S/C9H10FNO.ClH/c1-6(11)9(12)7-2-4-8(10)5-3-7;/h2-6H,11H2,1H3;1H/t6-;/m0./s1. The predicted molar refractivity (Wildman–Crippen MR) is 51.6 cm³/mol. The minimum Gasteiger partial charge on any atom is -0.321 e. The smallest absolute Gasteiger partial charge is 0.179 e. The molecule has 0 fully saturated rings. The van der Waals surface area contributed by atoms with Gasteiger partial charge in [-0.3, -0.25) is 4.79 Å². The number of hydrogen-bond donors (Lipinski definition) is 1. The van der Waals surface area contributed by atoms with Crippen LogP contribution in [-0.4, -0.2) is 11.8 Å². The molecule has 0 saturated heterocycles. The second kappa shape index (κ2) is 4.94. The number of rotatable bonds is 2. The molecule has 0 aliphatic carbocycles. The van der Waals surface area contributed by atoms with Gasteiger partial charge in [0.05, 0.1) is 6.04 Å². The van der Waals surface area contributed by atoms with Crippen molar-refractivity contribution < 1.29 is 9.18 Å². The van der Waals surface area contributed by atoms with Crippen molar-refractivity contribution in [3.05, 3.63) is 35.6 Å². The minimum absolute atomic E-state index is 0. The van der Waals surface area contributed by atoms with Gasteiger partial charge in [-0.25, -0.2) is 4.39 Å². The molecule has 0 aliphatic heterocycles. The minimum atomic E-state index is -0.532. The van der Waals surface area contributed by atoms with Crippen molar-refractivity contribution >= 4 is 18.2 Å². The lowest BCUT2D eigenvalue weighted by atomic mass is 10.1. The van der Waals surface area contributed by atoms with E-state index in [4.69, 9.17) is 5.73 Å². The first kappa shape index (κ1) is 12.1. The van der Waals surface area contributed by atoms with Crippen molar-refractivity contribution in [2.45, 2.75) is 13.0 Å². The highest BCUT2D eigenvalue weighted by Crippen LogP contribution is 2.04. The quantitative estimate of drug-likeness (QED) is 0.745. The van der Waals surface area contributed by atoms with E-state index in [-0.39, 0.29) is 24.0 Å². The highest BCUT2D eigenvalue weighted by Gasteiger charge is 2.09. The van der Waals surface area contributed by atoms with Gasteiger partial charge in [0.25, 0.3) is 0 Å². The van der Waals surface area contributed by atoms with Gasteiger partial charge in [0.1, 0.15) is 5.82 Å². The molecule has 0 aromatic heterocycles. The Kier molecular flexibility index (Phi) is 4.59. The van der Waals surface area contributed by atoms with Crippen LogP contribution in [0.25, 0.3) is 0 Å². The van der Waals surface area contributed by atoms with E-state index < -0.39 is 6.04 Å². The first-order valence-corrected chi connectivity index (χ1v) is 3.66. The van der Waals surface area contributed by atoms with Gasteiger partial charge in [-0.2, -0.15) is 0 Å². The fourth-order valence-corrected chi connectivity index (χ4v) is 0.877. The SMILES string of the molecule is C[C@H](N)C(=O)c1ccc(F)cc1.Cl. The van der Waals surface area contributed by atoms with Crippen LogP contribution < -0.4 is 5.73 Å². The first-order valence-electron chi connectivity index (χ1n) is 3.66. The van der Waals surface area contributed by atoms with Crippen LogP contribution in [0.2, 0.25) is 0 Å². The van der Waals surface area contributed by atoms with Gasteiger partial charge in [0.2, 0.25) is 0 Å². The molecule has 0 amide bonds. The van der Waals surface area contributed by atoms with E-state index in [0.29, 0.717) is 5.56 Å². The number of ketones is 1. The maximum absolute atomic E-state index is 12.4. The molecule has 0 unspecified atom stereocenters. The number of halogens is 2. The monoisotopic (exact) mass is 203 g/mol. The molecule has 0 aliphatic rings. The summed E-state index contributed by atoms with van der Waals surface area (Å²) >= 11 is 0. The average Bonchev–Trinajstić information content (AvgIpc) is 2.04. The van der Waals surface area contributed by atoms with E-state index in [2.05, 4.69) is 0 Å². The van der Waals surface area contributed by atoms with Crippen LogP contribution in [0, 0.1) is 5.82 Å². The lowest BCUT2D eigenvalue weighted by Crippen LogP contribution is -2.26. The van der Waals surface area contributed by atoms with E-state index in [1.54, 1.807) is 6.92 Å². The Balaban J connectivity index is 0.00000144. The van der Waals surface area contributed by atoms with E-state index in [1.807, 2.05) is 0 Å². The molecule has 2 N–H and O–H groups in total. The van der Waals surface area contributed by atoms with Crippen LogP contribution in [0.15, 0.2) is 24.3 Å². The molecule has 0 saturated carbocycles. The third-order valence-corrected chi connectivity index (χ3v) is 1.54. The number of Topliss-reactive ketones (excluding diaryl/α,β-unsaturated/α-hetero) is 1. The van der Waals surface area contributed by atoms with Crippen molar-refractivity contribution in [2.24, 2.45) is 5.73 Å². The molecule has 1 rings (SSSR count). The Hall–Kier alpha value is -0.930. The van der Waals surface area contributed by atoms with Crippen LogP contribution in [0.3, 0.4) is 0 Å². The Labute approximate surface area is 82.3 Å². The third-order valence-electron chi connectivity index (χ3n) is 1.54. The summed E-state index contributed by atoms with van der Waals surface area (Å²) in [4.78, 5) is 11.2. The van der Waals surface area contributed by atoms with Crippen LogP contribution in [0.1, 0.15) is 17.3 Å². The Morgan fingerprint density at radius 1 is 1.38 bits per heavy atom. The number of carbonyl (C=O) groups excluding carboxylic acids is 1. The summed E-state index contributed by atoms with van der Waals surface area (Å²) in [6, 6.07) is 4.82. The zero-order valence-electron chi connectivity index (χ0n) is 7.16. The lowest BCUT2D eigenvalue weighted by Gasteiger charge is -2.02. The molecule has 1 aromatic rings. The van der Waals surface area contributed by atoms with Gasteiger partial charge in [0.15, 0.2) is 5.78 Å². The zero-order valence-corrected chi connectivity index (χ0v) is 7.98. The van der Waals surface area contributed by atoms with Crippen LogP contribution in [0.5, 0.6) is 0 Å². The molecule has 13 heavy (non-hydrogen) atoms. The molecule has 0 bridgehead atoms. The van der Waals surface area contributed by atoms with E-state index in [9.17, 15) is 9.18 Å². The predicted octanol–water partition coefficient (Wildman–Crippen LogP) is 1.78. The van der Waals surface area contributed by atoms with E-state index >= 15 is 0 Å². The van der Waals surface area contributed by atoms with Crippen molar-refractivity contribution in [3.8, 4) is 0 Å². The molecule has 0 heterocycles. The number of benzene rings is 1. The lowest BCUT2D eigenvalue weighted by molar-refractivity contribution is 0.0968. The molecule has 0 radical (unpaired) electrons. The highest BCUT2D eigenvalue weighted by atomic mass is 35.5. The van der Waals surface area contributed by atoms with E-state index in [0.717, 1.165) is 0 Å². The van der Waals surface area contributed by atoms with Gasteiger partial charge >= 0.3 is 0 Å². The number of nitrogens with two attached hydrogens (primary N) is 1. The normalized spacial score (nSPS) is 11.6. The molecule has 4 heteroatoms. The molecular formula is C9H11ClFNO. The summed E-state index contributed by atoms with van der Waals surface area (Å²) < 4.78 is 12.4. The van der Waals surface area contributed by atoms with Crippen LogP contribution in [0.4, 0.5) is 4.39 Å². The second-order valence-electron chi connectivity index (χ2n) is 2.66. The largest absolute Gasteiger partial charge is 0.321 e. The molecule has 0 spiro atoms. The van der Waals surface area contributed by atoms with Crippen molar-refractivity contribution in [1.29, 1.82) is 0 Å². The topological polar surface area (TPSA) is 43.1 Å². The second-order valence-corrected chi connectivity index (χ2v) is 2.66. The summed E-state index contributed by atoms with van der Waals surface area (Å²) in [5, 5.41) is 0. The Bertz CT molecular complexity index is 284. The molecule has 72 valence electrons. The third kappa shape index (κ3) is 3.13. The zero-order chi connectivity index (χ0) is 9.14. The summed E-state index contributed by atoms with van der Waals surface area (Å²) in [5.41, 5.74) is 5.81. The summed E-state index contributed by atoms with van der Waals surface area (Å²) in [7, 11) is 0. The maximum atomic E-state index is 12.4. The average molecular weight is 204 g/mol. The Morgan fingerprint density at radius 3 is 2.23 bits per heavy atom. The molecular weight excluding hydrogens is 193 g/mol. The van der Waals surface area contributed by atoms with E-state index in [1.165, 1.54) is 24.3 Å². The molecule has 1 atom stereocenters. The van der Waals surface area contributed by atoms with Gasteiger partial charge in [0, 0.05) is 5.56 Å². The fourth-order valence-electron chi connectivity index (χ4n) is 0.877. The van der Waals surface area contributed by atoms with Crippen LogP contribution in [-0.2, 0) is 0 Å². The first-order chi connectivity index (χ1) is 5.61.